The minimum atomic E-state index is -0.0761. The third kappa shape index (κ3) is 2.96. The molecule has 3 atom stereocenters. The Hall–Kier alpha value is -2.62. The van der Waals surface area contributed by atoms with Crippen LogP contribution in [-0.2, 0) is 4.74 Å². The summed E-state index contributed by atoms with van der Waals surface area (Å²) in [5.41, 5.74) is 3.94. The maximum Gasteiger partial charge on any atom is 0.259 e. The van der Waals surface area contributed by atoms with Crippen LogP contribution in [0.1, 0.15) is 34.9 Å². The van der Waals surface area contributed by atoms with Gasteiger partial charge in [0.2, 0.25) is 0 Å². The third-order valence-electron chi connectivity index (χ3n) is 6.00. The Morgan fingerprint density at radius 1 is 1.10 bits per heavy atom. The molecule has 2 saturated heterocycles. The fourth-order valence-corrected chi connectivity index (χ4v) is 5.74. The lowest BCUT2D eigenvalue weighted by molar-refractivity contribution is -0.0777. The highest BCUT2D eigenvalue weighted by atomic mass is 32.1. The first-order chi connectivity index (χ1) is 14.5. The molecule has 6 rings (SSSR count). The summed E-state index contributed by atoms with van der Waals surface area (Å²) < 4.78 is 9.47. The van der Waals surface area contributed by atoms with E-state index in [0.29, 0.717) is 22.3 Å². The summed E-state index contributed by atoms with van der Waals surface area (Å²) in [6.45, 7) is 5.75. The molecular weight excluding hydrogens is 400 g/mol. The first-order valence-corrected chi connectivity index (χ1v) is 11.1. The van der Waals surface area contributed by atoms with Crippen molar-refractivity contribution in [3.05, 3.63) is 51.0 Å². The number of hydrogen-bond acceptors (Lipinski definition) is 7. The number of aromatic nitrogens is 5. The van der Waals surface area contributed by atoms with Gasteiger partial charge in [0, 0.05) is 30.2 Å². The van der Waals surface area contributed by atoms with Gasteiger partial charge in [0.25, 0.3) is 5.56 Å². The number of nitrogens with one attached hydrogen (secondary N) is 1. The van der Waals surface area contributed by atoms with Crippen molar-refractivity contribution >= 4 is 21.9 Å². The fourth-order valence-electron chi connectivity index (χ4n) is 4.62. The maximum absolute atomic E-state index is 12.9. The highest BCUT2D eigenvalue weighted by Gasteiger charge is 2.34. The van der Waals surface area contributed by atoms with Crippen LogP contribution >= 0.6 is 11.3 Å². The zero-order valence-corrected chi connectivity index (χ0v) is 17.6. The monoisotopic (exact) mass is 422 g/mol. The van der Waals surface area contributed by atoms with Crippen LogP contribution in [-0.4, -0.2) is 49.3 Å². The van der Waals surface area contributed by atoms with Gasteiger partial charge in [-0.3, -0.25) is 9.20 Å². The van der Waals surface area contributed by atoms with Crippen molar-refractivity contribution in [3.8, 4) is 11.4 Å². The number of ether oxygens (including phenoxy) is 1. The molecule has 6 heterocycles. The van der Waals surface area contributed by atoms with Gasteiger partial charge in [-0.15, -0.1) is 11.3 Å². The van der Waals surface area contributed by atoms with Gasteiger partial charge in [0.05, 0.1) is 29.8 Å². The van der Waals surface area contributed by atoms with Crippen molar-refractivity contribution in [2.75, 3.05) is 13.1 Å². The largest absolute Gasteiger partial charge is 0.372 e. The second kappa shape index (κ2) is 6.69. The number of imidazole rings is 1. The summed E-state index contributed by atoms with van der Waals surface area (Å²) in [7, 11) is 0. The Kier molecular flexibility index (Phi) is 4.06. The van der Waals surface area contributed by atoms with Gasteiger partial charge in [-0.2, -0.15) is 5.10 Å². The Morgan fingerprint density at radius 2 is 1.90 bits per heavy atom. The van der Waals surface area contributed by atoms with Gasteiger partial charge in [-0.05, 0) is 44.2 Å². The van der Waals surface area contributed by atoms with Crippen molar-refractivity contribution in [2.24, 2.45) is 0 Å². The second-order valence-corrected chi connectivity index (χ2v) is 9.38. The molecular formula is C21H22N6O2S. The molecule has 0 amide bonds. The van der Waals surface area contributed by atoms with E-state index in [0.717, 1.165) is 42.8 Å². The minimum Gasteiger partial charge on any atom is -0.372 e. The molecule has 0 aromatic carbocycles. The molecule has 2 fully saturated rings. The molecule has 2 aliphatic rings. The zero-order valence-electron chi connectivity index (χ0n) is 16.8. The minimum absolute atomic E-state index is 0.0761. The van der Waals surface area contributed by atoms with Crippen LogP contribution < -0.4 is 10.9 Å². The quantitative estimate of drug-likeness (QED) is 0.534. The highest BCUT2D eigenvalue weighted by Crippen LogP contribution is 2.37. The van der Waals surface area contributed by atoms with E-state index in [1.165, 1.54) is 4.88 Å². The van der Waals surface area contributed by atoms with E-state index in [4.69, 9.17) is 9.72 Å². The van der Waals surface area contributed by atoms with E-state index in [1.54, 1.807) is 26.3 Å². The van der Waals surface area contributed by atoms with E-state index in [9.17, 15) is 4.79 Å². The van der Waals surface area contributed by atoms with Crippen LogP contribution in [0.15, 0.2) is 29.3 Å². The molecule has 154 valence electrons. The average Bonchev–Trinajstić information content (AvgIpc) is 3.31. The average molecular weight is 423 g/mol. The molecule has 0 radical (unpaired) electrons. The molecule has 9 heteroatoms. The van der Waals surface area contributed by atoms with E-state index in [-0.39, 0.29) is 17.8 Å². The number of rotatable bonds is 2. The van der Waals surface area contributed by atoms with E-state index < -0.39 is 0 Å². The second-order valence-electron chi connectivity index (χ2n) is 8.34. The van der Waals surface area contributed by atoms with Gasteiger partial charge in [-0.1, -0.05) is 0 Å². The standard InChI is InChI=1S/C21H22N6O2S/c1-11-3-17(25-27-9-12(2)23-20(11)27)16-6-19(28)26-10-18(30-21(26)24-16)13-4-14-7-22-8-15(5-13)29-14/h3,6,9-10,13-15,22H,4-5,7-8H2,1-2H3/t13-,14-,15+. The Morgan fingerprint density at radius 3 is 2.70 bits per heavy atom. The van der Waals surface area contributed by atoms with Crippen LogP contribution in [0.3, 0.4) is 0 Å². The molecule has 4 aromatic heterocycles. The van der Waals surface area contributed by atoms with Gasteiger partial charge in [0.1, 0.15) is 5.69 Å². The van der Waals surface area contributed by atoms with Crippen molar-refractivity contribution < 1.29 is 4.74 Å². The predicted octanol–water partition coefficient (Wildman–Crippen LogP) is 2.32. The number of morpholine rings is 1. The summed E-state index contributed by atoms with van der Waals surface area (Å²) in [6, 6.07) is 3.52. The predicted molar refractivity (Wildman–Crippen MR) is 114 cm³/mol. The zero-order chi connectivity index (χ0) is 20.4. The molecule has 4 aromatic rings. The lowest BCUT2D eigenvalue weighted by atomic mass is 9.89. The van der Waals surface area contributed by atoms with Crippen molar-refractivity contribution in [1.82, 2.24) is 29.3 Å². The summed E-state index contributed by atoms with van der Waals surface area (Å²) in [4.78, 5) is 24.1. The van der Waals surface area contributed by atoms with E-state index in [2.05, 4.69) is 15.4 Å². The Balaban J connectivity index is 1.41. The summed E-state index contributed by atoms with van der Waals surface area (Å²) >= 11 is 1.61. The normalized spacial score (nSPS) is 24.0. The van der Waals surface area contributed by atoms with Gasteiger partial charge in [-0.25, -0.2) is 14.5 Å². The van der Waals surface area contributed by atoms with Crippen molar-refractivity contribution in [3.63, 3.8) is 0 Å². The molecule has 0 spiro atoms. The molecule has 2 aliphatic heterocycles. The summed E-state index contributed by atoms with van der Waals surface area (Å²) in [5, 5.41) is 8.07. The molecule has 2 bridgehead atoms. The van der Waals surface area contributed by atoms with Crippen molar-refractivity contribution in [1.29, 1.82) is 0 Å². The lowest BCUT2D eigenvalue weighted by Gasteiger charge is -2.39. The van der Waals surface area contributed by atoms with Crippen LogP contribution in [0.2, 0.25) is 0 Å². The van der Waals surface area contributed by atoms with Gasteiger partial charge in [0.15, 0.2) is 10.6 Å². The smallest absolute Gasteiger partial charge is 0.259 e. The topological polar surface area (TPSA) is 85.8 Å². The highest BCUT2D eigenvalue weighted by molar-refractivity contribution is 7.17. The first kappa shape index (κ1) is 18.2. The van der Waals surface area contributed by atoms with Crippen LogP contribution in [0.4, 0.5) is 0 Å². The maximum atomic E-state index is 12.9. The molecule has 30 heavy (non-hydrogen) atoms. The molecule has 0 saturated carbocycles. The van der Waals surface area contributed by atoms with E-state index >= 15 is 0 Å². The van der Waals surface area contributed by atoms with Gasteiger partial charge >= 0.3 is 0 Å². The summed E-state index contributed by atoms with van der Waals surface area (Å²) in [6.07, 6.45) is 6.33. The third-order valence-corrected chi connectivity index (χ3v) is 7.15. The first-order valence-electron chi connectivity index (χ1n) is 10.3. The van der Waals surface area contributed by atoms with Crippen molar-refractivity contribution in [2.45, 2.75) is 44.8 Å². The number of fused-ring (bicyclic) bond motifs is 4. The molecule has 0 unspecified atom stereocenters. The number of nitrogens with zero attached hydrogens (tertiary/aromatic N) is 5. The van der Waals surface area contributed by atoms with Gasteiger partial charge < -0.3 is 10.1 Å². The Bertz CT molecular complexity index is 1330. The lowest BCUT2D eigenvalue weighted by Crippen LogP contribution is -2.49. The number of aryl methyl sites for hydroxylation is 2. The SMILES string of the molecule is Cc1cn2nc(-c3cc(=O)n4cc([C@H]5C[C@H]6CNC[C@@H](C5)O6)sc4n3)cc(C)c2n1. The molecule has 1 N–H and O–H groups in total. The number of hydrogen-bond donors (Lipinski definition) is 1. The Labute approximate surface area is 176 Å². The fraction of sp³-hybridized carbons (Fsp3) is 0.429. The van der Waals surface area contributed by atoms with Crippen LogP contribution in [0, 0.1) is 13.8 Å². The molecule has 8 nitrogen and oxygen atoms in total. The molecule has 0 aliphatic carbocycles. The van der Waals surface area contributed by atoms with Crippen LogP contribution in [0.25, 0.3) is 22.0 Å². The van der Waals surface area contributed by atoms with Crippen LogP contribution in [0.5, 0.6) is 0 Å². The summed E-state index contributed by atoms with van der Waals surface area (Å²) in [5.74, 6) is 0.413. The number of thiazole rings is 1. The van der Waals surface area contributed by atoms with E-state index in [1.807, 2.05) is 32.3 Å².